The van der Waals surface area contributed by atoms with Crippen molar-refractivity contribution in [3.8, 4) is 5.75 Å². The second-order valence-corrected chi connectivity index (χ2v) is 4.57. The highest BCUT2D eigenvalue weighted by Gasteiger charge is 2.11. The molecule has 0 spiro atoms. The molecule has 1 heterocycles. The first-order valence-electron chi connectivity index (χ1n) is 6.77. The lowest BCUT2D eigenvalue weighted by Gasteiger charge is -2.06. The van der Waals surface area contributed by atoms with Gasteiger partial charge in [-0.25, -0.2) is 0 Å². The van der Waals surface area contributed by atoms with Gasteiger partial charge in [0.15, 0.2) is 5.76 Å². The molecule has 106 valence electrons. The highest BCUT2D eigenvalue weighted by Crippen LogP contribution is 2.18. The lowest BCUT2D eigenvalue weighted by atomic mass is 10.2. The summed E-state index contributed by atoms with van der Waals surface area (Å²) in [7, 11) is 0. The zero-order chi connectivity index (χ0) is 14.5. The molecular weight excluding hydrogens is 266 g/mol. The van der Waals surface area contributed by atoms with Gasteiger partial charge >= 0.3 is 0 Å². The third-order valence-corrected chi connectivity index (χ3v) is 3.05. The molecule has 21 heavy (non-hydrogen) atoms. The summed E-state index contributed by atoms with van der Waals surface area (Å²) in [5, 5.41) is 3.69. The number of fused-ring (bicyclic) bond motifs is 1. The van der Waals surface area contributed by atoms with E-state index in [9.17, 15) is 4.79 Å². The summed E-state index contributed by atoms with van der Waals surface area (Å²) in [4.78, 5) is 12.0. The first-order chi connectivity index (χ1) is 10.3. The van der Waals surface area contributed by atoms with E-state index in [1.54, 1.807) is 6.07 Å². The van der Waals surface area contributed by atoms with E-state index in [4.69, 9.17) is 9.15 Å². The molecule has 1 N–H and O–H groups in total. The minimum absolute atomic E-state index is 0.233. The Morgan fingerprint density at radius 3 is 2.62 bits per heavy atom. The number of nitrogens with one attached hydrogen (secondary N) is 1. The topological polar surface area (TPSA) is 51.5 Å². The van der Waals surface area contributed by atoms with Crippen molar-refractivity contribution in [1.29, 1.82) is 0 Å². The molecule has 0 unspecified atom stereocenters. The predicted molar refractivity (Wildman–Crippen MR) is 80.5 cm³/mol. The third-order valence-electron chi connectivity index (χ3n) is 3.05. The molecule has 0 aliphatic carbocycles. The average Bonchev–Trinajstić information content (AvgIpc) is 2.96. The van der Waals surface area contributed by atoms with Crippen molar-refractivity contribution in [2.45, 2.75) is 0 Å². The molecule has 1 aromatic heterocycles. The summed E-state index contributed by atoms with van der Waals surface area (Å²) in [6.45, 7) is 0.834. The van der Waals surface area contributed by atoms with Crippen LogP contribution in [0, 0.1) is 0 Å². The fourth-order valence-corrected chi connectivity index (χ4v) is 2.03. The molecule has 4 nitrogen and oxygen atoms in total. The molecule has 0 saturated heterocycles. The number of rotatable bonds is 5. The Bertz CT molecular complexity index is 701. The van der Waals surface area contributed by atoms with E-state index in [1.165, 1.54) is 0 Å². The van der Waals surface area contributed by atoms with Gasteiger partial charge in [0, 0.05) is 5.39 Å². The van der Waals surface area contributed by atoms with Gasteiger partial charge in [0.2, 0.25) is 0 Å². The number of hydrogen-bond donors (Lipinski definition) is 1. The van der Waals surface area contributed by atoms with Crippen LogP contribution in [0.5, 0.6) is 5.75 Å². The fraction of sp³-hybridized carbons (Fsp3) is 0.118. The Morgan fingerprint density at radius 2 is 1.81 bits per heavy atom. The molecule has 0 bridgehead atoms. The van der Waals surface area contributed by atoms with E-state index in [0.29, 0.717) is 24.5 Å². The van der Waals surface area contributed by atoms with Crippen molar-refractivity contribution < 1.29 is 13.9 Å². The second-order valence-electron chi connectivity index (χ2n) is 4.57. The van der Waals surface area contributed by atoms with E-state index in [-0.39, 0.29) is 5.91 Å². The molecule has 0 aliphatic heterocycles. The number of amides is 1. The van der Waals surface area contributed by atoms with Crippen LogP contribution in [0.1, 0.15) is 10.6 Å². The summed E-state index contributed by atoms with van der Waals surface area (Å²) < 4.78 is 11.0. The van der Waals surface area contributed by atoms with Crippen LogP contribution >= 0.6 is 0 Å². The summed E-state index contributed by atoms with van der Waals surface area (Å²) in [5.74, 6) is 0.870. The quantitative estimate of drug-likeness (QED) is 0.730. The number of ether oxygens (including phenoxy) is 1. The van der Waals surface area contributed by atoms with Crippen molar-refractivity contribution in [3.05, 3.63) is 66.4 Å². The molecule has 0 saturated carbocycles. The van der Waals surface area contributed by atoms with Gasteiger partial charge in [0.1, 0.15) is 17.9 Å². The number of furan rings is 1. The summed E-state index contributed by atoms with van der Waals surface area (Å²) >= 11 is 0. The van der Waals surface area contributed by atoms with E-state index in [0.717, 1.165) is 11.1 Å². The zero-order valence-corrected chi connectivity index (χ0v) is 11.4. The minimum Gasteiger partial charge on any atom is -0.492 e. The summed E-state index contributed by atoms with van der Waals surface area (Å²) in [6, 6.07) is 18.8. The zero-order valence-electron chi connectivity index (χ0n) is 11.4. The molecule has 0 fully saturated rings. The highest BCUT2D eigenvalue weighted by atomic mass is 16.5. The van der Waals surface area contributed by atoms with Crippen LogP contribution in [-0.4, -0.2) is 19.1 Å². The number of carbonyl (C=O) groups is 1. The normalized spacial score (nSPS) is 10.5. The predicted octanol–water partition coefficient (Wildman–Crippen LogP) is 3.24. The maximum Gasteiger partial charge on any atom is 0.287 e. The Kier molecular flexibility index (Phi) is 3.87. The maximum absolute atomic E-state index is 12.0. The van der Waals surface area contributed by atoms with Crippen LogP contribution in [0.4, 0.5) is 0 Å². The lowest BCUT2D eigenvalue weighted by molar-refractivity contribution is 0.0921. The largest absolute Gasteiger partial charge is 0.492 e. The first kappa shape index (κ1) is 13.2. The van der Waals surface area contributed by atoms with Gasteiger partial charge in [-0.15, -0.1) is 0 Å². The number of para-hydroxylation sites is 2. The monoisotopic (exact) mass is 281 g/mol. The van der Waals surface area contributed by atoms with Crippen molar-refractivity contribution in [3.63, 3.8) is 0 Å². The molecule has 2 aromatic carbocycles. The van der Waals surface area contributed by atoms with Crippen molar-refractivity contribution in [2.75, 3.05) is 13.2 Å². The maximum atomic E-state index is 12.0. The van der Waals surface area contributed by atoms with Gasteiger partial charge in [-0.2, -0.15) is 0 Å². The van der Waals surface area contributed by atoms with Crippen LogP contribution < -0.4 is 10.1 Å². The Labute approximate surface area is 122 Å². The molecule has 4 heteroatoms. The molecular formula is C17H15NO3. The van der Waals surface area contributed by atoms with Gasteiger partial charge in [-0.1, -0.05) is 36.4 Å². The van der Waals surface area contributed by atoms with Crippen LogP contribution in [0.15, 0.2) is 65.1 Å². The third kappa shape index (κ3) is 3.23. The first-order valence-corrected chi connectivity index (χ1v) is 6.77. The molecule has 3 aromatic rings. The van der Waals surface area contributed by atoms with Crippen molar-refractivity contribution in [1.82, 2.24) is 5.32 Å². The molecule has 0 radical (unpaired) electrons. The molecule has 0 aliphatic rings. The summed E-state index contributed by atoms with van der Waals surface area (Å²) in [5.41, 5.74) is 0.711. The minimum atomic E-state index is -0.233. The smallest absolute Gasteiger partial charge is 0.287 e. The number of hydrogen-bond acceptors (Lipinski definition) is 3. The van der Waals surface area contributed by atoms with E-state index < -0.39 is 0 Å². The van der Waals surface area contributed by atoms with Crippen molar-refractivity contribution >= 4 is 16.9 Å². The molecule has 3 rings (SSSR count). The second kappa shape index (κ2) is 6.13. The van der Waals surface area contributed by atoms with Gasteiger partial charge in [0.25, 0.3) is 5.91 Å². The molecule has 0 atom stereocenters. The fourth-order valence-electron chi connectivity index (χ4n) is 2.03. The average molecular weight is 281 g/mol. The Balaban J connectivity index is 1.52. The SMILES string of the molecule is O=C(NCCOc1ccccc1)c1cc2ccccc2o1. The number of benzene rings is 2. The standard InChI is InChI=1S/C17H15NO3/c19-17(16-12-13-6-4-5-9-15(13)21-16)18-10-11-20-14-7-2-1-3-8-14/h1-9,12H,10-11H2,(H,18,19). The van der Waals surface area contributed by atoms with E-state index in [1.807, 2.05) is 54.6 Å². The van der Waals surface area contributed by atoms with Gasteiger partial charge < -0.3 is 14.5 Å². The lowest BCUT2D eigenvalue weighted by Crippen LogP contribution is -2.27. The molecule has 1 amide bonds. The van der Waals surface area contributed by atoms with Crippen LogP contribution in [0.25, 0.3) is 11.0 Å². The Morgan fingerprint density at radius 1 is 1.05 bits per heavy atom. The van der Waals surface area contributed by atoms with Crippen LogP contribution in [-0.2, 0) is 0 Å². The number of carbonyl (C=O) groups excluding carboxylic acids is 1. The van der Waals surface area contributed by atoms with E-state index >= 15 is 0 Å². The van der Waals surface area contributed by atoms with E-state index in [2.05, 4.69) is 5.32 Å². The van der Waals surface area contributed by atoms with Gasteiger partial charge in [-0.05, 0) is 24.3 Å². The van der Waals surface area contributed by atoms with Crippen LogP contribution in [0.2, 0.25) is 0 Å². The summed E-state index contributed by atoms with van der Waals surface area (Å²) in [6.07, 6.45) is 0. The Hall–Kier alpha value is -2.75. The van der Waals surface area contributed by atoms with Gasteiger partial charge in [0.05, 0.1) is 6.54 Å². The van der Waals surface area contributed by atoms with Crippen molar-refractivity contribution in [2.24, 2.45) is 0 Å². The van der Waals surface area contributed by atoms with Gasteiger partial charge in [-0.3, -0.25) is 4.79 Å². The van der Waals surface area contributed by atoms with Crippen LogP contribution in [0.3, 0.4) is 0 Å². The highest BCUT2D eigenvalue weighted by molar-refractivity contribution is 5.96.